The van der Waals surface area contributed by atoms with E-state index < -0.39 is 0 Å². The van der Waals surface area contributed by atoms with Gasteiger partial charge in [-0.25, -0.2) is 0 Å². The first-order chi connectivity index (χ1) is 8.36. The van der Waals surface area contributed by atoms with E-state index in [9.17, 15) is 0 Å². The summed E-state index contributed by atoms with van der Waals surface area (Å²) in [5.74, 6) is 0.695. The van der Waals surface area contributed by atoms with Crippen molar-refractivity contribution in [3.63, 3.8) is 0 Å². The molecule has 0 aliphatic carbocycles. The molecule has 18 heavy (non-hydrogen) atoms. The number of hydrogen-bond donors (Lipinski definition) is 1. The molecule has 1 rings (SSSR count). The monoisotopic (exact) mass is 331 g/mol. The number of rotatable bonds is 6. The van der Waals surface area contributed by atoms with Gasteiger partial charge in [-0.05, 0) is 58.1 Å². The number of nitrogens with one attached hydrogen (secondary N) is 1. The minimum atomic E-state index is 0.371. The smallest absolute Gasteiger partial charge is 0.0428 e. The van der Waals surface area contributed by atoms with Crippen molar-refractivity contribution < 1.29 is 0 Å². The maximum atomic E-state index is 3.70. The Balaban J connectivity index is 2.77. The van der Waals surface area contributed by atoms with Crippen molar-refractivity contribution in [2.45, 2.75) is 53.5 Å². The Morgan fingerprint density at radius 1 is 1.39 bits per heavy atom. The highest BCUT2D eigenvalue weighted by Crippen LogP contribution is 2.37. The van der Waals surface area contributed by atoms with Crippen molar-refractivity contribution >= 4 is 27.3 Å². The molecule has 2 unspecified atom stereocenters. The molecule has 0 radical (unpaired) electrons. The van der Waals surface area contributed by atoms with Crippen LogP contribution in [-0.4, -0.2) is 6.54 Å². The second kappa shape index (κ2) is 7.06. The van der Waals surface area contributed by atoms with Gasteiger partial charge in [-0.3, -0.25) is 0 Å². The van der Waals surface area contributed by atoms with Gasteiger partial charge < -0.3 is 5.32 Å². The Bertz CT molecular complexity index is 354. The lowest BCUT2D eigenvalue weighted by Crippen LogP contribution is -2.27. The molecule has 2 atom stereocenters. The van der Waals surface area contributed by atoms with Gasteiger partial charge in [0.15, 0.2) is 0 Å². The number of hydrogen-bond acceptors (Lipinski definition) is 2. The third-order valence-corrected chi connectivity index (χ3v) is 5.65. The summed E-state index contributed by atoms with van der Waals surface area (Å²) < 4.78 is 1.25. The van der Waals surface area contributed by atoms with Gasteiger partial charge in [0.2, 0.25) is 0 Å². The molecule has 0 saturated carbocycles. The standard InChI is InChI=1S/C15H26BrNS/c1-6-8-17-13(10-11(2)15(3,4)5)14-12(16)7-9-18-14/h7,9,11,13,17H,6,8,10H2,1-5H3. The minimum absolute atomic E-state index is 0.371. The highest BCUT2D eigenvalue weighted by Gasteiger charge is 2.25. The highest BCUT2D eigenvalue weighted by atomic mass is 79.9. The molecule has 1 heterocycles. The summed E-state index contributed by atoms with van der Waals surface area (Å²) in [4.78, 5) is 1.44. The quantitative estimate of drug-likeness (QED) is 0.712. The topological polar surface area (TPSA) is 12.0 Å². The van der Waals surface area contributed by atoms with Crippen LogP contribution in [0.25, 0.3) is 0 Å². The molecule has 1 aromatic heterocycles. The molecule has 1 N–H and O–H groups in total. The number of thiophene rings is 1. The molecule has 0 bridgehead atoms. The molecule has 0 aliphatic rings. The summed E-state index contributed by atoms with van der Waals surface area (Å²) in [6, 6.07) is 2.64. The van der Waals surface area contributed by atoms with Crippen molar-refractivity contribution in [2.24, 2.45) is 11.3 Å². The maximum absolute atomic E-state index is 3.70. The average Bonchev–Trinajstić information content (AvgIpc) is 2.69. The molecule has 104 valence electrons. The molecule has 1 aromatic rings. The lowest BCUT2D eigenvalue weighted by Gasteiger charge is -2.31. The summed E-state index contributed by atoms with van der Waals surface area (Å²) in [6.45, 7) is 12.7. The Morgan fingerprint density at radius 3 is 2.50 bits per heavy atom. The van der Waals surface area contributed by atoms with Crippen LogP contribution in [0.1, 0.15) is 58.4 Å². The van der Waals surface area contributed by atoms with Crippen molar-refractivity contribution in [2.75, 3.05) is 6.54 Å². The predicted octanol–water partition coefficient (Wildman–Crippen LogP) is 5.62. The van der Waals surface area contributed by atoms with E-state index >= 15 is 0 Å². The van der Waals surface area contributed by atoms with Crippen LogP contribution in [-0.2, 0) is 0 Å². The highest BCUT2D eigenvalue weighted by molar-refractivity contribution is 9.10. The Morgan fingerprint density at radius 2 is 2.06 bits per heavy atom. The van der Waals surface area contributed by atoms with Crippen molar-refractivity contribution in [3.05, 3.63) is 20.8 Å². The summed E-state index contributed by atoms with van der Waals surface area (Å²) in [5, 5.41) is 5.86. The van der Waals surface area contributed by atoms with E-state index in [1.807, 2.05) is 11.3 Å². The van der Waals surface area contributed by atoms with E-state index in [2.05, 4.69) is 67.3 Å². The SMILES string of the molecule is CCCNC(CC(C)C(C)(C)C)c1sccc1Br. The summed E-state index contributed by atoms with van der Waals surface area (Å²) in [5.41, 5.74) is 0.371. The van der Waals surface area contributed by atoms with Crippen molar-refractivity contribution in [1.29, 1.82) is 0 Å². The molecule has 0 fully saturated rings. The fourth-order valence-corrected chi connectivity index (χ4v) is 3.60. The van der Waals surface area contributed by atoms with E-state index in [-0.39, 0.29) is 0 Å². The summed E-state index contributed by atoms with van der Waals surface area (Å²) in [6.07, 6.45) is 2.38. The zero-order valence-corrected chi connectivity index (χ0v) is 14.6. The van der Waals surface area contributed by atoms with Gasteiger partial charge in [0.05, 0.1) is 0 Å². The molecule has 0 amide bonds. The van der Waals surface area contributed by atoms with Crippen LogP contribution in [0.5, 0.6) is 0 Å². The van der Waals surface area contributed by atoms with Crippen LogP contribution in [0, 0.1) is 11.3 Å². The second-order valence-corrected chi connectivity index (χ2v) is 7.94. The lowest BCUT2D eigenvalue weighted by atomic mass is 9.78. The van der Waals surface area contributed by atoms with Crippen LogP contribution >= 0.6 is 27.3 Å². The maximum Gasteiger partial charge on any atom is 0.0428 e. The molecule has 0 saturated heterocycles. The first-order valence-corrected chi connectivity index (χ1v) is 8.49. The zero-order chi connectivity index (χ0) is 13.8. The predicted molar refractivity (Wildman–Crippen MR) is 86.3 cm³/mol. The van der Waals surface area contributed by atoms with E-state index in [0.717, 1.165) is 6.54 Å². The number of halogens is 1. The van der Waals surface area contributed by atoms with Crippen molar-refractivity contribution in [3.8, 4) is 0 Å². The van der Waals surface area contributed by atoms with E-state index in [0.29, 0.717) is 17.4 Å². The molecule has 1 nitrogen and oxygen atoms in total. The van der Waals surface area contributed by atoms with Gasteiger partial charge in [0.25, 0.3) is 0 Å². The van der Waals surface area contributed by atoms with Crippen LogP contribution < -0.4 is 5.32 Å². The van der Waals surface area contributed by atoms with Gasteiger partial charge in [-0.15, -0.1) is 11.3 Å². The molecule has 0 aliphatic heterocycles. The Kier molecular flexibility index (Phi) is 6.36. The Labute approximate surface area is 125 Å². The largest absolute Gasteiger partial charge is 0.309 e. The molecule has 0 aromatic carbocycles. The Hall–Kier alpha value is 0.140. The van der Waals surface area contributed by atoms with E-state index in [1.165, 1.54) is 22.2 Å². The van der Waals surface area contributed by atoms with Crippen LogP contribution in [0.15, 0.2) is 15.9 Å². The van der Waals surface area contributed by atoms with Crippen molar-refractivity contribution in [1.82, 2.24) is 5.32 Å². The lowest BCUT2D eigenvalue weighted by molar-refractivity contribution is 0.224. The summed E-state index contributed by atoms with van der Waals surface area (Å²) in [7, 11) is 0. The molecular weight excluding hydrogens is 306 g/mol. The third kappa shape index (κ3) is 4.67. The average molecular weight is 332 g/mol. The molecule has 0 spiro atoms. The molecular formula is C15H26BrNS. The van der Waals surface area contributed by atoms with E-state index in [4.69, 9.17) is 0 Å². The zero-order valence-electron chi connectivity index (χ0n) is 12.2. The van der Waals surface area contributed by atoms with Gasteiger partial charge in [0, 0.05) is 15.4 Å². The normalized spacial score (nSPS) is 15.7. The second-order valence-electron chi connectivity index (χ2n) is 6.14. The van der Waals surface area contributed by atoms with Crippen LogP contribution in [0.4, 0.5) is 0 Å². The first-order valence-electron chi connectivity index (χ1n) is 6.82. The van der Waals surface area contributed by atoms with Gasteiger partial charge in [0.1, 0.15) is 0 Å². The third-order valence-electron chi connectivity index (χ3n) is 3.67. The fourth-order valence-electron chi connectivity index (χ4n) is 1.86. The fraction of sp³-hybridized carbons (Fsp3) is 0.733. The van der Waals surface area contributed by atoms with Crippen LogP contribution in [0.3, 0.4) is 0 Å². The van der Waals surface area contributed by atoms with Gasteiger partial charge >= 0.3 is 0 Å². The van der Waals surface area contributed by atoms with Crippen LogP contribution in [0.2, 0.25) is 0 Å². The van der Waals surface area contributed by atoms with Gasteiger partial charge in [-0.2, -0.15) is 0 Å². The summed E-state index contributed by atoms with van der Waals surface area (Å²) >= 11 is 5.52. The first kappa shape index (κ1) is 16.2. The molecule has 3 heteroatoms. The van der Waals surface area contributed by atoms with E-state index in [1.54, 1.807) is 0 Å². The minimum Gasteiger partial charge on any atom is -0.309 e. The van der Waals surface area contributed by atoms with Gasteiger partial charge in [-0.1, -0.05) is 34.6 Å².